The number of aromatic nitrogens is 1. The number of carbonyl (C=O) groups excluding carboxylic acids is 1. The first-order valence-corrected chi connectivity index (χ1v) is 9.17. The van der Waals surface area contributed by atoms with E-state index in [4.69, 9.17) is 9.26 Å². The van der Waals surface area contributed by atoms with Crippen LogP contribution in [0.1, 0.15) is 30.1 Å². The summed E-state index contributed by atoms with van der Waals surface area (Å²) in [6.45, 7) is 3.36. The second-order valence-electron chi connectivity index (χ2n) is 7.12. The van der Waals surface area contributed by atoms with E-state index in [9.17, 15) is 4.79 Å². The molecule has 1 aliphatic heterocycles. The zero-order valence-electron chi connectivity index (χ0n) is 15.3. The van der Waals surface area contributed by atoms with Crippen LogP contribution >= 0.6 is 0 Å². The molecule has 138 valence electrons. The van der Waals surface area contributed by atoms with Gasteiger partial charge in [0, 0.05) is 30.3 Å². The van der Waals surface area contributed by atoms with Gasteiger partial charge in [0.25, 0.3) is 5.91 Å². The number of hydrogen-bond donors (Lipinski definition) is 1. The Balaban J connectivity index is 1.41. The minimum atomic E-state index is -0.235. The number of amides is 1. The largest absolute Gasteiger partial charge is 0.373 e. The van der Waals surface area contributed by atoms with Crippen LogP contribution in [-0.2, 0) is 4.74 Å². The van der Waals surface area contributed by atoms with Gasteiger partial charge in [0.1, 0.15) is 0 Å². The fourth-order valence-electron chi connectivity index (χ4n) is 3.35. The van der Waals surface area contributed by atoms with Gasteiger partial charge >= 0.3 is 0 Å². The van der Waals surface area contributed by atoms with E-state index < -0.39 is 0 Å². The van der Waals surface area contributed by atoms with Crippen LogP contribution in [0.25, 0.3) is 22.5 Å². The number of rotatable bonds is 5. The molecule has 1 aromatic heterocycles. The minimum absolute atomic E-state index is 0.0704. The first-order chi connectivity index (χ1) is 13.1. The third kappa shape index (κ3) is 3.93. The molecule has 2 heterocycles. The smallest absolute Gasteiger partial charge is 0.251 e. The Morgan fingerprint density at radius 2 is 1.70 bits per heavy atom. The molecule has 1 aliphatic rings. The van der Waals surface area contributed by atoms with Crippen molar-refractivity contribution < 1.29 is 14.1 Å². The average Bonchev–Trinajstić information content (AvgIpc) is 3.39. The first kappa shape index (κ1) is 17.5. The van der Waals surface area contributed by atoms with Crippen LogP contribution in [0.15, 0.2) is 65.3 Å². The topological polar surface area (TPSA) is 64.4 Å². The van der Waals surface area contributed by atoms with Gasteiger partial charge in [-0.2, -0.15) is 0 Å². The van der Waals surface area contributed by atoms with Gasteiger partial charge in [0.15, 0.2) is 5.76 Å². The van der Waals surface area contributed by atoms with E-state index in [2.05, 4.69) is 10.5 Å². The molecule has 4 rings (SSSR count). The van der Waals surface area contributed by atoms with Crippen molar-refractivity contribution in [3.05, 3.63) is 66.4 Å². The maximum Gasteiger partial charge on any atom is 0.251 e. The Bertz CT molecular complexity index is 894. The average molecular weight is 362 g/mol. The highest BCUT2D eigenvalue weighted by Crippen LogP contribution is 2.26. The van der Waals surface area contributed by atoms with Gasteiger partial charge in [-0.05, 0) is 43.0 Å². The van der Waals surface area contributed by atoms with E-state index in [1.807, 2.05) is 61.5 Å². The highest BCUT2D eigenvalue weighted by Gasteiger charge is 2.30. The van der Waals surface area contributed by atoms with E-state index in [0.717, 1.165) is 41.9 Å². The summed E-state index contributed by atoms with van der Waals surface area (Å²) >= 11 is 0. The Labute approximate surface area is 158 Å². The van der Waals surface area contributed by atoms with E-state index in [-0.39, 0.29) is 11.5 Å². The highest BCUT2D eigenvalue weighted by molar-refractivity contribution is 5.94. The molecular formula is C22H22N2O3. The van der Waals surface area contributed by atoms with Crippen LogP contribution in [0.4, 0.5) is 0 Å². The van der Waals surface area contributed by atoms with Crippen molar-refractivity contribution >= 4 is 5.91 Å². The lowest BCUT2D eigenvalue weighted by molar-refractivity contribution is 0.0206. The fourth-order valence-corrected chi connectivity index (χ4v) is 3.35. The third-order valence-corrected chi connectivity index (χ3v) is 5.01. The molecular weight excluding hydrogens is 340 g/mol. The summed E-state index contributed by atoms with van der Waals surface area (Å²) in [5.41, 5.74) is 3.54. The lowest BCUT2D eigenvalue weighted by Crippen LogP contribution is -2.40. The predicted octanol–water partition coefficient (Wildman–Crippen LogP) is 4.31. The number of nitrogens with one attached hydrogen (secondary N) is 1. The number of carbonyl (C=O) groups is 1. The molecule has 0 aliphatic carbocycles. The molecule has 1 fully saturated rings. The van der Waals surface area contributed by atoms with E-state index in [0.29, 0.717) is 12.1 Å². The summed E-state index contributed by atoms with van der Waals surface area (Å²) in [6.07, 6.45) is 3.67. The monoisotopic (exact) mass is 362 g/mol. The van der Waals surface area contributed by atoms with Gasteiger partial charge in [-0.15, -0.1) is 0 Å². The molecule has 5 heteroatoms. The van der Waals surface area contributed by atoms with Crippen LogP contribution in [0.3, 0.4) is 0 Å². The molecule has 0 radical (unpaired) electrons. The zero-order valence-corrected chi connectivity index (χ0v) is 15.3. The number of benzene rings is 2. The number of hydrogen-bond acceptors (Lipinski definition) is 4. The molecule has 0 spiro atoms. The second kappa shape index (κ2) is 7.37. The zero-order chi connectivity index (χ0) is 18.7. The summed E-state index contributed by atoms with van der Waals surface area (Å²) in [4.78, 5) is 12.4. The molecule has 0 unspecified atom stereocenters. The lowest BCUT2D eigenvalue weighted by Gasteiger charge is -2.23. The van der Waals surface area contributed by atoms with Gasteiger partial charge in [0.05, 0.1) is 11.8 Å². The Kier molecular flexibility index (Phi) is 4.77. The fraction of sp³-hybridized carbons (Fsp3) is 0.273. The SMILES string of the molecule is C[C@@]1(CNC(=O)c2ccc(-c3ccc(-c4ccno4)cc3)cc2)CCCO1. The first-order valence-electron chi connectivity index (χ1n) is 9.17. The highest BCUT2D eigenvalue weighted by atomic mass is 16.5. The van der Waals surface area contributed by atoms with E-state index in [1.165, 1.54) is 0 Å². The molecule has 3 aromatic rings. The molecule has 1 amide bonds. The molecule has 5 nitrogen and oxygen atoms in total. The second-order valence-corrected chi connectivity index (χ2v) is 7.12. The maximum absolute atomic E-state index is 12.4. The molecule has 1 saturated heterocycles. The Hall–Kier alpha value is -2.92. The van der Waals surface area contributed by atoms with Gasteiger partial charge < -0.3 is 14.6 Å². The van der Waals surface area contributed by atoms with Crippen LogP contribution in [0.5, 0.6) is 0 Å². The van der Waals surface area contributed by atoms with Crippen molar-refractivity contribution in [2.75, 3.05) is 13.2 Å². The van der Waals surface area contributed by atoms with Crippen LogP contribution in [-0.4, -0.2) is 29.8 Å². The summed E-state index contributed by atoms with van der Waals surface area (Å²) < 4.78 is 10.9. The standard InChI is InChI=1S/C22H22N2O3/c1-22(12-2-14-26-22)15-23-21(25)19-9-5-17(6-10-19)16-3-7-18(8-4-16)20-11-13-24-27-20/h3-11,13H,2,12,14-15H2,1H3,(H,23,25)/t22-/m0/s1. The van der Waals surface area contributed by atoms with Crippen molar-refractivity contribution in [2.24, 2.45) is 0 Å². The molecule has 27 heavy (non-hydrogen) atoms. The predicted molar refractivity (Wildman–Crippen MR) is 103 cm³/mol. The van der Waals surface area contributed by atoms with E-state index >= 15 is 0 Å². The van der Waals surface area contributed by atoms with Crippen LogP contribution < -0.4 is 5.32 Å². The summed E-state index contributed by atoms with van der Waals surface area (Å²) in [5, 5.41) is 6.71. The number of nitrogens with zero attached hydrogens (tertiary/aromatic N) is 1. The van der Waals surface area contributed by atoms with Gasteiger partial charge in [-0.1, -0.05) is 41.6 Å². The number of ether oxygens (including phenoxy) is 1. The van der Waals surface area contributed by atoms with Crippen molar-refractivity contribution in [2.45, 2.75) is 25.4 Å². The summed E-state index contributed by atoms with van der Waals surface area (Å²) in [7, 11) is 0. The van der Waals surface area contributed by atoms with Gasteiger partial charge in [-0.3, -0.25) is 4.79 Å². The van der Waals surface area contributed by atoms with Crippen molar-refractivity contribution in [3.8, 4) is 22.5 Å². The molecule has 1 atom stereocenters. The molecule has 2 aromatic carbocycles. The lowest BCUT2D eigenvalue weighted by atomic mass is 10.0. The summed E-state index contributed by atoms with van der Waals surface area (Å²) in [5.74, 6) is 0.674. The maximum atomic E-state index is 12.4. The van der Waals surface area contributed by atoms with Gasteiger partial charge in [-0.25, -0.2) is 0 Å². The third-order valence-electron chi connectivity index (χ3n) is 5.01. The van der Waals surface area contributed by atoms with Crippen LogP contribution in [0, 0.1) is 0 Å². The van der Waals surface area contributed by atoms with E-state index in [1.54, 1.807) is 6.20 Å². The Morgan fingerprint density at radius 1 is 1.04 bits per heavy atom. The molecule has 1 N–H and O–H groups in total. The van der Waals surface area contributed by atoms with Crippen molar-refractivity contribution in [3.63, 3.8) is 0 Å². The quantitative estimate of drug-likeness (QED) is 0.735. The van der Waals surface area contributed by atoms with Crippen LogP contribution in [0.2, 0.25) is 0 Å². The Morgan fingerprint density at radius 3 is 2.30 bits per heavy atom. The minimum Gasteiger partial charge on any atom is -0.373 e. The van der Waals surface area contributed by atoms with Crippen molar-refractivity contribution in [1.29, 1.82) is 0 Å². The summed E-state index contributed by atoms with van der Waals surface area (Å²) in [6, 6.07) is 17.5. The van der Waals surface area contributed by atoms with Gasteiger partial charge in [0.2, 0.25) is 0 Å². The normalized spacial score (nSPS) is 19.1. The molecule has 0 saturated carbocycles. The van der Waals surface area contributed by atoms with Crippen molar-refractivity contribution in [1.82, 2.24) is 10.5 Å². The molecule has 0 bridgehead atoms.